The molecule has 1 aromatic carbocycles. The summed E-state index contributed by atoms with van der Waals surface area (Å²) in [5.41, 5.74) is -0.0438. The summed E-state index contributed by atoms with van der Waals surface area (Å²) >= 11 is 0. The average molecular weight is 256 g/mol. The summed E-state index contributed by atoms with van der Waals surface area (Å²) in [6.45, 7) is 1.50. The Morgan fingerprint density at radius 3 is 2.61 bits per heavy atom. The van der Waals surface area contributed by atoms with Crippen molar-refractivity contribution in [3.63, 3.8) is 0 Å². The van der Waals surface area contributed by atoms with E-state index >= 15 is 0 Å². The van der Waals surface area contributed by atoms with Crippen LogP contribution in [0.3, 0.4) is 0 Å². The number of halogens is 2. The van der Waals surface area contributed by atoms with Crippen molar-refractivity contribution in [3.05, 3.63) is 29.3 Å². The second-order valence-corrected chi connectivity index (χ2v) is 4.14. The highest BCUT2D eigenvalue weighted by Gasteiger charge is 2.20. The van der Waals surface area contributed by atoms with Gasteiger partial charge in [0.05, 0.1) is 7.11 Å². The van der Waals surface area contributed by atoms with Gasteiger partial charge in [0.25, 0.3) is 5.91 Å². The zero-order valence-electron chi connectivity index (χ0n) is 9.93. The standard InChI is InChI=1S/C12H14F2N2O2/c1-18-11-9(13)4-7(5-10(11)14)12(17)16-8-2-3-15-6-8/h4-5,8,15H,2-3,6H2,1H3,(H,16,17)/t8-/m1/s1. The van der Waals surface area contributed by atoms with E-state index in [2.05, 4.69) is 15.4 Å². The molecule has 1 heterocycles. The van der Waals surface area contributed by atoms with E-state index in [4.69, 9.17) is 0 Å². The van der Waals surface area contributed by atoms with Gasteiger partial charge in [-0.15, -0.1) is 0 Å². The first kappa shape index (κ1) is 12.8. The van der Waals surface area contributed by atoms with E-state index in [-0.39, 0.29) is 11.6 Å². The van der Waals surface area contributed by atoms with Crippen molar-refractivity contribution in [1.82, 2.24) is 10.6 Å². The van der Waals surface area contributed by atoms with Gasteiger partial charge in [-0.25, -0.2) is 8.78 Å². The van der Waals surface area contributed by atoms with Crippen LogP contribution in [0.15, 0.2) is 12.1 Å². The lowest BCUT2D eigenvalue weighted by Crippen LogP contribution is -2.36. The second-order valence-electron chi connectivity index (χ2n) is 4.14. The zero-order chi connectivity index (χ0) is 13.1. The Labute approximate surface area is 103 Å². The van der Waals surface area contributed by atoms with Gasteiger partial charge >= 0.3 is 0 Å². The fraction of sp³-hybridized carbons (Fsp3) is 0.417. The fourth-order valence-electron chi connectivity index (χ4n) is 1.93. The first-order chi connectivity index (χ1) is 8.61. The third-order valence-electron chi connectivity index (χ3n) is 2.86. The molecule has 0 aromatic heterocycles. The molecule has 1 amide bonds. The predicted octanol–water partition coefficient (Wildman–Crippen LogP) is 1.07. The van der Waals surface area contributed by atoms with Crippen LogP contribution >= 0.6 is 0 Å². The Bertz CT molecular complexity index is 436. The lowest BCUT2D eigenvalue weighted by molar-refractivity contribution is 0.0939. The molecule has 2 rings (SSSR count). The van der Waals surface area contributed by atoms with Gasteiger partial charge in [-0.2, -0.15) is 0 Å². The molecule has 4 nitrogen and oxygen atoms in total. The van der Waals surface area contributed by atoms with Gasteiger partial charge < -0.3 is 15.4 Å². The molecule has 1 saturated heterocycles. The molecular weight excluding hydrogens is 242 g/mol. The fourth-order valence-corrected chi connectivity index (χ4v) is 1.93. The predicted molar refractivity (Wildman–Crippen MR) is 61.7 cm³/mol. The zero-order valence-corrected chi connectivity index (χ0v) is 9.93. The van der Waals surface area contributed by atoms with E-state index in [0.717, 1.165) is 25.1 Å². The van der Waals surface area contributed by atoms with Crippen LogP contribution in [-0.4, -0.2) is 32.1 Å². The molecule has 0 spiro atoms. The molecular formula is C12H14F2N2O2. The highest BCUT2D eigenvalue weighted by molar-refractivity contribution is 5.94. The molecule has 6 heteroatoms. The molecule has 0 bridgehead atoms. The number of carbonyl (C=O) groups is 1. The third-order valence-corrected chi connectivity index (χ3v) is 2.86. The maximum absolute atomic E-state index is 13.4. The first-order valence-corrected chi connectivity index (χ1v) is 5.66. The van der Waals surface area contributed by atoms with Crippen molar-refractivity contribution in [3.8, 4) is 5.75 Å². The lowest BCUT2D eigenvalue weighted by atomic mass is 10.1. The maximum atomic E-state index is 13.4. The average Bonchev–Trinajstić information content (AvgIpc) is 2.81. The molecule has 0 radical (unpaired) electrons. The first-order valence-electron chi connectivity index (χ1n) is 5.66. The number of rotatable bonds is 3. The largest absolute Gasteiger partial charge is 0.491 e. The van der Waals surface area contributed by atoms with Gasteiger partial charge in [-0.1, -0.05) is 0 Å². The summed E-state index contributed by atoms with van der Waals surface area (Å²) in [5, 5.41) is 5.80. The lowest BCUT2D eigenvalue weighted by Gasteiger charge is -2.12. The van der Waals surface area contributed by atoms with Gasteiger partial charge in [-0.05, 0) is 25.1 Å². The summed E-state index contributed by atoms with van der Waals surface area (Å²) in [6, 6.07) is 1.95. The van der Waals surface area contributed by atoms with E-state index in [1.54, 1.807) is 0 Å². The molecule has 1 fully saturated rings. The van der Waals surface area contributed by atoms with E-state index < -0.39 is 23.3 Å². The van der Waals surface area contributed by atoms with Crippen LogP contribution in [0, 0.1) is 11.6 Å². The summed E-state index contributed by atoms with van der Waals surface area (Å²) in [6.07, 6.45) is 0.812. The quantitative estimate of drug-likeness (QED) is 0.850. The van der Waals surface area contributed by atoms with Gasteiger partial charge in [0.1, 0.15) is 0 Å². The molecule has 1 aliphatic heterocycles. The monoisotopic (exact) mass is 256 g/mol. The van der Waals surface area contributed by atoms with Crippen LogP contribution in [0.2, 0.25) is 0 Å². The van der Waals surface area contributed by atoms with Crippen LogP contribution in [0.4, 0.5) is 8.78 Å². The highest BCUT2D eigenvalue weighted by Crippen LogP contribution is 2.22. The van der Waals surface area contributed by atoms with Gasteiger partial charge in [0.2, 0.25) is 0 Å². The number of hydrogen-bond acceptors (Lipinski definition) is 3. The molecule has 18 heavy (non-hydrogen) atoms. The molecule has 98 valence electrons. The molecule has 1 atom stereocenters. The Kier molecular flexibility index (Phi) is 3.76. The Morgan fingerprint density at radius 2 is 2.11 bits per heavy atom. The van der Waals surface area contributed by atoms with Crippen molar-refractivity contribution >= 4 is 5.91 Å². The smallest absolute Gasteiger partial charge is 0.251 e. The topological polar surface area (TPSA) is 50.4 Å². The van der Waals surface area contributed by atoms with Crippen molar-refractivity contribution in [1.29, 1.82) is 0 Å². The summed E-state index contributed by atoms with van der Waals surface area (Å²) in [4.78, 5) is 11.8. The molecule has 1 aliphatic rings. The van der Waals surface area contributed by atoms with E-state index in [0.29, 0.717) is 6.54 Å². The summed E-state index contributed by atoms with van der Waals surface area (Å²) in [5.74, 6) is -2.72. The van der Waals surface area contributed by atoms with E-state index in [9.17, 15) is 13.6 Å². The minimum absolute atomic E-state index is 0.00530. The molecule has 2 N–H and O–H groups in total. The Morgan fingerprint density at radius 1 is 1.44 bits per heavy atom. The van der Waals surface area contributed by atoms with Crippen LogP contribution < -0.4 is 15.4 Å². The van der Waals surface area contributed by atoms with Gasteiger partial charge in [-0.3, -0.25) is 4.79 Å². The number of methoxy groups -OCH3 is 1. The van der Waals surface area contributed by atoms with Crippen molar-refractivity contribution in [2.75, 3.05) is 20.2 Å². The summed E-state index contributed by atoms with van der Waals surface area (Å²) < 4.78 is 31.4. The normalized spacial score (nSPS) is 18.7. The van der Waals surface area contributed by atoms with Crippen molar-refractivity contribution < 1.29 is 18.3 Å². The molecule has 0 saturated carbocycles. The Balaban J connectivity index is 2.15. The summed E-state index contributed by atoms with van der Waals surface area (Å²) in [7, 11) is 1.17. The van der Waals surface area contributed by atoms with E-state index in [1.165, 1.54) is 7.11 Å². The van der Waals surface area contributed by atoms with Crippen LogP contribution in [-0.2, 0) is 0 Å². The minimum atomic E-state index is -0.882. The number of benzene rings is 1. The SMILES string of the molecule is COc1c(F)cc(C(=O)N[C@@H]2CCNC2)cc1F. The van der Waals surface area contributed by atoms with Crippen LogP contribution in [0.5, 0.6) is 5.75 Å². The number of nitrogens with one attached hydrogen (secondary N) is 2. The Hall–Kier alpha value is -1.69. The number of amides is 1. The van der Waals surface area contributed by atoms with Crippen LogP contribution in [0.1, 0.15) is 16.8 Å². The molecule has 1 aromatic rings. The number of hydrogen-bond donors (Lipinski definition) is 2. The third kappa shape index (κ3) is 2.59. The number of carbonyl (C=O) groups excluding carboxylic acids is 1. The highest BCUT2D eigenvalue weighted by atomic mass is 19.1. The number of ether oxygens (including phenoxy) is 1. The van der Waals surface area contributed by atoms with E-state index in [1.807, 2.05) is 0 Å². The van der Waals surface area contributed by atoms with Gasteiger partial charge in [0, 0.05) is 18.2 Å². The molecule has 0 unspecified atom stereocenters. The van der Waals surface area contributed by atoms with Gasteiger partial charge in [0.15, 0.2) is 17.4 Å². The second kappa shape index (κ2) is 5.30. The maximum Gasteiger partial charge on any atom is 0.251 e. The molecule has 0 aliphatic carbocycles. The minimum Gasteiger partial charge on any atom is -0.491 e. The van der Waals surface area contributed by atoms with Crippen molar-refractivity contribution in [2.24, 2.45) is 0 Å². The van der Waals surface area contributed by atoms with Crippen molar-refractivity contribution in [2.45, 2.75) is 12.5 Å². The van der Waals surface area contributed by atoms with Crippen LogP contribution in [0.25, 0.3) is 0 Å².